The molecule has 54 valence electrons. The first-order valence-corrected chi connectivity index (χ1v) is 2.65. The van der Waals surface area contributed by atoms with Crippen molar-refractivity contribution in [2.75, 3.05) is 0 Å². The smallest absolute Gasteiger partial charge is 0.332 e. The largest absolute Gasteiger partial charge is 0.480 e. The Kier molecular flexibility index (Phi) is 7.86. The molecule has 0 aromatic carbocycles. The van der Waals surface area contributed by atoms with Crippen LogP contribution in [-0.2, 0) is 4.79 Å². The summed E-state index contributed by atoms with van der Waals surface area (Å²) in [5.74, 6) is -1.38. The zero-order valence-electron chi connectivity index (χ0n) is 6.07. The molecule has 0 rings (SSSR count). The van der Waals surface area contributed by atoms with E-state index in [9.17, 15) is 9.70 Å². The second-order valence-electron chi connectivity index (χ2n) is 2.13. The number of nitrogens with zero attached hydrogens (tertiary/aromatic N) is 1. The van der Waals surface area contributed by atoms with Crippen molar-refractivity contribution in [3.8, 4) is 0 Å². The average Bonchev–Trinajstić information content (AvgIpc) is 1.64. The SMILES string of the molecule is CC(C)[C@H](N=O)C(=O)O.[Ca]. The third-order valence-electron chi connectivity index (χ3n) is 0.998. The molecule has 0 saturated carbocycles. The van der Waals surface area contributed by atoms with Crippen LogP contribution in [0.1, 0.15) is 13.8 Å². The van der Waals surface area contributed by atoms with Crippen LogP contribution >= 0.6 is 0 Å². The number of carboxylic acid groups (broad SMARTS) is 1. The predicted octanol–water partition coefficient (Wildman–Crippen LogP) is 0.481. The van der Waals surface area contributed by atoms with Gasteiger partial charge in [0.25, 0.3) is 0 Å². The molecule has 1 N–H and O–H groups in total. The zero-order valence-corrected chi connectivity index (χ0v) is 8.28. The maximum atomic E-state index is 10.1. The molecule has 10 heavy (non-hydrogen) atoms. The summed E-state index contributed by atoms with van der Waals surface area (Å²) in [6.07, 6.45) is 0. The van der Waals surface area contributed by atoms with E-state index in [2.05, 4.69) is 5.18 Å². The van der Waals surface area contributed by atoms with Gasteiger partial charge in [-0.25, -0.2) is 4.79 Å². The van der Waals surface area contributed by atoms with Crippen molar-refractivity contribution in [1.29, 1.82) is 0 Å². The van der Waals surface area contributed by atoms with Crippen molar-refractivity contribution in [2.24, 2.45) is 11.1 Å². The third-order valence-corrected chi connectivity index (χ3v) is 0.998. The van der Waals surface area contributed by atoms with Gasteiger partial charge in [-0.05, 0) is 5.92 Å². The van der Waals surface area contributed by atoms with E-state index in [4.69, 9.17) is 5.11 Å². The van der Waals surface area contributed by atoms with Gasteiger partial charge in [0.2, 0.25) is 0 Å². The maximum Gasteiger partial charge on any atom is 0.332 e. The molecule has 0 spiro atoms. The van der Waals surface area contributed by atoms with Crippen LogP contribution in [0.5, 0.6) is 0 Å². The Hall–Kier alpha value is 0.330. The molecular formula is C5H9CaNO3. The molecule has 0 heterocycles. The molecule has 0 aliphatic rings. The first-order chi connectivity index (χ1) is 4.09. The Morgan fingerprint density at radius 3 is 1.90 bits per heavy atom. The van der Waals surface area contributed by atoms with E-state index in [1.807, 2.05) is 0 Å². The Labute approximate surface area is 89.0 Å². The summed E-state index contributed by atoms with van der Waals surface area (Å²) < 4.78 is 0. The molecular weight excluding hydrogens is 162 g/mol. The van der Waals surface area contributed by atoms with Gasteiger partial charge in [0.15, 0.2) is 6.04 Å². The molecule has 0 aromatic heterocycles. The van der Waals surface area contributed by atoms with E-state index >= 15 is 0 Å². The van der Waals surface area contributed by atoms with Crippen LogP contribution in [0.4, 0.5) is 0 Å². The van der Waals surface area contributed by atoms with Gasteiger partial charge < -0.3 is 5.11 Å². The van der Waals surface area contributed by atoms with Crippen LogP contribution in [0.3, 0.4) is 0 Å². The topological polar surface area (TPSA) is 66.7 Å². The summed E-state index contributed by atoms with van der Waals surface area (Å²) in [5, 5.41) is 10.7. The van der Waals surface area contributed by atoms with E-state index < -0.39 is 12.0 Å². The Morgan fingerprint density at radius 2 is 1.90 bits per heavy atom. The summed E-state index contributed by atoms with van der Waals surface area (Å²) in [5.41, 5.74) is 0. The van der Waals surface area contributed by atoms with Crippen molar-refractivity contribution < 1.29 is 9.90 Å². The van der Waals surface area contributed by atoms with Gasteiger partial charge in [0.05, 0.1) is 0 Å². The van der Waals surface area contributed by atoms with Gasteiger partial charge in [0.1, 0.15) is 0 Å². The van der Waals surface area contributed by atoms with E-state index in [1.54, 1.807) is 13.8 Å². The van der Waals surface area contributed by atoms with Crippen molar-refractivity contribution in [1.82, 2.24) is 0 Å². The fourth-order valence-electron chi connectivity index (χ4n) is 0.452. The molecule has 0 amide bonds. The molecule has 0 aliphatic carbocycles. The van der Waals surface area contributed by atoms with Crippen molar-refractivity contribution in [2.45, 2.75) is 19.9 Å². The van der Waals surface area contributed by atoms with Crippen LogP contribution in [0.2, 0.25) is 0 Å². The summed E-state index contributed by atoms with van der Waals surface area (Å²) in [4.78, 5) is 19.8. The van der Waals surface area contributed by atoms with Crippen LogP contribution in [0.15, 0.2) is 5.18 Å². The average molecular weight is 171 g/mol. The quantitative estimate of drug-likeness (QED) is 0.496. The fraction of sp³-hybridized carbons (Fsp3) is 0.800. The molecule has 0 aromatic rings. The number of hydrogen-bond acceptors (Lipinski definition) is 3. The minimum atomic E-state index is -1.15. The minimum Gasteiger partial charge on any atom is -0.480 e. The van der Waals surface area contributed by atoms with E-state index in [0.717, 1.165) is 0 Å². The second kappa shape index (κ2) is 6.07. The number of nitroso groups, excluding NO2 is 1. The number of carbonyl (C=O) groups is 1. The zero-order chi connectivity index (χ0) is 7.44. The summed E-state index contributed by atoms with van der Waals surface area (Å²) in [6.45, 7) is 3.28. The van der Waals surface area contributed by atoms with Crippen LogP contribution in [0, 0.1) is 10.8 Å². The van der Waals surface area contributed by atoms with Crippen LogP contribution in [-0.4, -0.2) is 54.9 Å². The van der Waals surface area contributed by atoms with Gasteiger partial charge in [-0.3, -0.25) is 0 Å². The van der Waals surface area contributed by atoms with Gasteiger partial charge in [0, 0.05) is 37.7 Å². The van der Waals surface area contributed by atoms with Gasteiger partial charge in [-0.2, -0.15) is 0 Å². The molecule has 2 radical (unpaired) electrons. The fourth-order valence-corrected chi connectivity index (χ4v) is 0.452. The normalized spacial score (nSPS) is 11.9. The van der Waals surface area contributed by atoms with Crippen molar-refractivity contribution in [3.63, 3.8) is 0 Å². The van der Waals surface area contributed by atoms with Crippen LogP contribution in [0.25, 0.3) is 0 Å². The van der Waals surface area contributed by atoms with Crippen molar-refractivity contribution >= 4 is 43.7 Å². The Bertz CT molecular complexity index is 126. The maximum absolute atomic E-state index is 10.1. The minimum absolute atomic E-state index is 0. The first-order valence-electron chi connectivity index (χ1n) is 2.65. The third kappa shape index (κ3) is 4.19. The van der Waals surface area contributed by atoms with E-state index in [0.29, 0.717) is 0 Å². The molecule has 0 bridgehead atoms. The predicted molar refractivity (Wildman–Crippen MR) is 37.8 cm³/mol. The number of carboxylic acids is 1. The Morgan fingerprint density at radius 1 is 1.50 bits per heavy atom. The van der Waals surface area contributed by atoms with Gasteiger partial charge >= 0.3 is 5.97 Å². The molecule has 0 saturated heterocycles. The summed E-state index contributed by atoms with van der Waals surface area (Å²) >= 11 is 0. The molecule has 0 unspecified atom stereocenters. The Balaban J connectivity index is 0. The monoisotopic (exact) mass is 171 g/mol. The molecule has 0 fully saturated rings. The molecule has 5 heteroatoms. The summed E-state index contributed by atoms with van der Waals surface area (Å²) in [7, 11) is 0. The molecule has 1 atom stereocenters. The number of rotatable bonds is 3. The van der Waals surface area contributed by atoms with Crippen molar-refractivity contribution in [3.05, 3.63) is 4.91 Å². The first kappa shape index (κ1) is 13.0. The molecule has 0 aliphatic heterocycles. The van der Waals surface area contributed by atoms with E-state index in [-0.39, 0.29) is 43.7 Å². The number of aliphatic carboxylic acids is 1. The van der Waals surface area contributed by atoms with Crippen LogP contribution < -0.4 is 0 Å². The summed E-state index contributed by atoms with van der Waals surface area (Å²) in [6, 6.07) is -1.09. The second-order valence-corrected chi connectivity index (χ2v) is 2.13. The van der Waals surface area contributed by atoms with E-state index in [1.165, 1.54) is 0 Å². The number of hydrogen-bond donors (Lipinski definition) is 1. The standard InChI is InChI=1S/C5H9NO3.Ca/c1-3(2)4(6-9)5(7)8;/h3-4H,1-2H3,(H,7,8);/t4-;/m0./s1. The molecule has 4 nitrogen and oxygen atoms in total. The van der Waals surface area contributed by atoms with Gasteiger partial charge in [-0.15, -0.1) is 4.91 Å². The van der Waals surface area contributed by atoms with Gasteiger partial charge in [-0.1, -0.05) is 19.0 Å².